The number of nitrogens with two attached hydrogens (primary N) is 1. The number of amides is 1. The first kappa shape index (κ1) is 13.1. The van der Waals surface area contributed by atoms with Gasteiger partial charge in [0.05, 0.1) is 0 Å². The highest BCUT2D eigenvalue weighted by Crippen LogP contribution is 2.41. The van der Waals surface area contributed by atoms with Crippen LogP contribution in [0.1, 0.15) is 42.6 Å². The Morgan fingerprint density at radius 2 is 2.10 bits per heavy atom. The average Bonchev–Trinajstić information content (AvgIpc) is 2.48. The van der Waals surface area contributed by atoms with Gasteiger partial charge in [-0.15, -0.1) is 0 Å². The summed E-state index contributed by atoms with van der Waals surface area (Å²) < 4.78 is 0. The van der Waals surface area contributed by atoms with Gasteiger partial charge in [-0.05, 0) is 37.5 Å². The van der Waals surface area contributed by atoms with Crippen LogP contribution in [0.3, 0.4) is 0 Å². The molecule has 1 fully saturated rings. The molecular weight excluding hydrogens is 252 g/mol. The molecule has 1 saturated heterocycles. The lowest BCUT2D eigenvalue weighted by Crippen LogP contribution is -2.46. The minimum Gasteiger partial charge on any atom is -0.382 e. The van der Waals surface area contributed by atoms with Crippen LogP contribution in [0.2, 0.25) is 0 Å². The third kappa shape index (κ3) is 2.40. The van der Waals surface area contributed by atoms with Crippen LogP contribution in [0.4, 0.5) is 5.82 Å². The molecule has 2 heterocycles. The van der Waals surface area contributed by atoms with Crippen molar-refractivity contribution in [2.45, 2.75) is 32.1 Å². The molecule has 1 aliphatic carbocycles. The van der Waals surface area contributed by atoms with E-state index >= 15 is 0 Å². The van der Waals surface area contributed by atoms with E-state index in [0.717, 1.165) is 32.4 Å². The van der Waals surface area contributed by atoms with E-state index in [4.69, 9.17) is 5.73 Å². The van der Waals surface area contributed by atoms with Crippen molar-refractivity contribution >= 4 is 11.7 Å². The Hall–Kier alpha value is -1.91. The van der Waals surface area contributed by atoms with Crippen molar-refractivity contribution in [3.63, 3.8) is 0 Å². The van der Waals surface area contributed by atoms with E-state index < -0.39 is 0 Å². The summed E-state index contributed by atoms with van der Waals surface area (Å²) in [5.74, 6) is 0.143. The maximum atomic E-state index is 12.6. The fourth-order valence-electron chi connectivity index (χ4n) is 3.36. The first-order valence-corrected chi connectivity index (χ1v) is 7.21. The Bertz CT molecular complexity index is 542. The molecular formula is C15H20N4O. The molecule has 1 aliphatic heterocycles. The molecule has 0 saturated carbocycles. The van der Waals surface area contributed by atoms with Crippen molar-refractivity contribution in [1.29, 1.82) is 0 Å². The van der Waals surface area contributed by atoms with Gasteiger partial charge in [0.2, 0.25) is 0 Å². The van der Waals surface area contributed by atoms with Gasteiger partial charge in [-0.25, -0.2) is 9.97 Å². The lowest BCUT2D eigenvalue weighted by atomic mass is 9.71. The number of carbonyl (C=O) groups is 1. The normalized spacial score (nSPS) is 25.9. The van der Waals surface area contributed by atoms with Crippen molar-refractivity contribution in [2.24, 2.45) is 5.41 Å². The SMILES string of the molecule is Nc1nccnc1C(=O)N1CCC[C@]2(CC=CCC2)C1. The smallest absolute Gasteiger partial charge is 0.276 e. The predicted molar refractivity (Wildman–Crippen MR) is 77.0 cm³/mol. The number of aromatic nitrogens is 2. The van der Waals surface area contributed by atoms with Crippen molar-refractivity contribution in [3.8, 4) is 0 Å². The predicted octanol–water partition coefficient (Wildman–Crippen LogP) is 2.02. The Balaban J connectivity index is 1.79. The summed E-state index contributed by atoms with van der Waals surface area (Å²) in [6.45, 7) is 1.60. The van der Waals surface area contributed by atoms with Crippen LogP contribution in [0.15, 0.2) is 24.5 Å². The van der Waals surface area contributed by atoms with Crippen molar-refractivity contribution < 1.29 is 4.79 Å². The first-order chi connectivity index (χ1) is 9.70. The number of nitrogens with zero attached hydrogens (tertiary/aromatic N) is 3. The van der Waals surface area contributed by atoms with Crippen molar-refractivity contribution in [2.75, 3.05) is 18.8 Å². The van der Waals surface area contributed by atoms with Crippen LogP contribution in [-0.2, 0) is 0 Å². The number of nitrogen functional groups attached to an aromatic ring is 1. The van der Waals surface area contributed by atoms with Crippen LogP contribution in [0, 0.1) is 5.41 Å². The lowest BCUT2D eigenvalue weighted by molar-refractivity contribution is 0.0480. The highest BCUT2D eigenvalue weighted by Gasteiger charge is 2.37. The molecule has 1 spiro atoms. The molecule has 0 aromatic carbocycles. The highest BCUT2D eigenvalue weighted by molar-refractivity contribution is 5.96. The summed E-state index contributed by atoms with van der Waals surface area (Å²) in [7, 11) is 0. The van der Waals surface area contributed by atoms with E-state index in [-0.39, 0.29) is 22.8 Å². The number of hydrogen-bond acceptors (Lipinski definition) is 4. The molecule has 0 bridgehead atoms. The number of anilines is 1. The van der Waals surface area contributed by atoms with Crippen LogP contribution in [0.5, 0.6) is 0 Å². The maximum absolute atomic E-state index is 12.6. The van der Waals surface area contributed by atoms with E-state index in [2.05, 4.69) is 22.1 Å². The molecule has 0 unspecified atom stereocenters. The third-order valence-electron chi connectivity index (χ3n) is 4.44. The zero-order chi connectivity index (χ0) is 14.0. The van der Waals surface area contributed by atoms with Crippen LogP contribution in [-0.4, -0.2) is 33.9 Å². The standard InChI is InChI=1S/C15H20N4O/c16-13-12(17-8-9-18-13)14(20)19-10-4-7-15(11-19)5-2-1-3-6-15/h1-2,8-9H,3-7,10-11H2,(H2,16,18)/t15-/m1/s1. The average molecular weight is 272 g/mol. The van der Waals surface area contributed by atoms with Gasteiger partial charge in [0.25, 0.3) is 5.91 Å². The fraction of sp³-hybridized carbons (Fsp3) is 0.533. The monoisotopic (exact) mass is 272 g/mol. The number of likely N-dealkylation sites (tertiary alicyclic amines) is 1. The molecule has 5 heteroatoms. The lowest BCUT2D eigenvalue weighted by Gasteiger charge is -2.43. The summed E-state index contributed by atoms with van der Waals surface area (Å²) >= 11 is 0. The Labute approximate surface area is 118 Å². The summed E-state index contributed by atoms with van der Waals surface area (Å²) in [5.41, 5.74) is 6.32. The number of allylic oxidation sites excluding steroid dienone is 2. The molecule has 0 radical (unpaired) electrons. The molecule has 2 N–H and O–H groups in total. The third-order valence-corrected chi connectivity index (χ3v) is 4.44. The maximum Gasteiger partial charge on any atom is 0.276 e. The van der Waals surface area contributed by atoms with Gasteiger partial charge in [-0.1, -0.05) is 12.2 Å². The van der Waals surface area contributed by atoms with Gasteiger partial charge in [0.1, 0.15) is 0 Å². The quantitative estimate of drug-likeness (QED) is 0.794. The van der Waals surface area contributed by atoms with Gasteiger partial charge >= 0.3 is 0 Å². The minimum atomic E-state index is -0.0794. The van der Waals surface area contributed by atoms with Crippen molar-refractivity contribution in [1.82, 2.24) is 14.9 Å². The zero-order valence-corrected chi connectivity index (χ0v) is 11.6. The van der Waals surface area contributed by atoms with E-state index in [9.17, 15) is 4.79 Å². The summed E-state index contributed by atoms with van der Waals surface area (Å²) in [5, 5.41) is 0. The minimum absolute atomic E-state index is 0.0794. The van der Waals surface area contributed by atoms with E-state index in [1.54, 1.807) is 0 Å². The van der Waals surface area contributed by atoms with Gasteiger partial charge in [0, 0.05) is 25.5 Å². The van der Waals surface area contributed by atoms with Crippen molar-refractivity contribution in [3.05, 3.63) is 30.2 Å². The fourth-order valence-corrected chi connectivity index (χ4v) is 3.36. The topological polar surface area (TPSA) is 72.1 Å². The second-order valence-electron chi connectivity index (χ2n) is 5.83. The van der Waals surface area contributed by atoms with Crippen LogP contribution < -0.4 is 5.73 Å². The first-order valence-electron chi connectivity index (χ1n) is 7.21. The van der Waals surface area contributed by atoms with Gasteiger partial charge in [0.15, 0.2) is 11.5 Å². The zero-order valence-electron chi connectivity index (χ0n) is 11.6. The highest BCUT2D eigenvalue weighted by atomic mass is 16.2. The molecule has 1 aromatic rings. The number of hydrogen-bond donors (Lipinski definition) is 1. The molecule has 1 atom stereocenters. The number of rotatable bonds is 1. The number of piperidine rings is 1. The Morgan fingerprint density at radius 1 is 1.25 bits per heavy atom. The largest absolute Gasteiger partial charge is 0.382 e. The molecule has 106 valence electrons. The molecule has 2 aliphatic rings. The second kappa shape index (κ2) is 5.23. The van der Waals surface area contributed by atoms with Crippen LogP contribution in [0.25, 0.3) is 0 Å². The molecule has 1 aromatic heterocycles. The van der Waals surface area contributed by atoms with Gasteiger partial charge in [-0.3, -0.25) is 4.79 Å². The molecule has 20 heavy (non-hydrogen) atoms. The van der Waals surface area contributed by atoms with E-state index in [1.807, 2.05) is 4.90 Å². The van der Waals surface area contributed by atoms with Crippen LogP contribution >= 0.6 is 0 Å². The molecule has 3 rings (SSSR count). The van der Waals surface area contributed by atoms with Gasteiger partial charge < -0.3 is 10.6 Å². The summed E-state index contributed by atoms with van der Waals surface area (Å²) in [4.78, 5) is 22.5. The molecule has 5 nitrogen and oxygen atoms in total. The van der Waals surface area contributed by atoms with E-state index in [1.165, 1.54) is 25.2 Å². The van der Waals surface area contributed by atoms with Gasteiger partial charge in [-0.2, -0.15) is 0 Å². The summed E-state index contributed by atoms with van der Waals surface area (Å²) in [6.07, 6.45) is 13.2. The summed E-state index contributed by atoms with van der Waals surface area (Å²) in [6, 6.07) is 0. The Morgan fingerprint density at radius 3 is 2.85 bits per heavy atom. The number of carbonyl (C=O) groups excluding carboxylic acids is 1. The van der Waals surface area contributed by atoms with E-state index in [0.29, 0.717) is 0 Å². The second-order valence-corrected chi connectivity index (χ2v) is 5.83. The Kier molecular flexibility index (Phi) is 3.42. The molecule has 1 amide bonds.